The van der Waals surface area contributed by atoms with Crippen LogP contribution in [0.5, 0.6) is 0 Å². The van der Waals surface area contributed by atoms with Crippen molar-refractivity contribution >= 4 is 23.6 Å². The Balaban J connectivity index is 1.35. The van der Waals surface area contributed by atoms with Crippen molar-refractivity contribution in [3.63, 3.8) is 0 Å². The third-order valence-electron chi connectivity index (χ3n) is 7.15. The summed E-state index contributed by atoms with van der Waals surface area (Å²) in [7, 11) is 0. The van der Waals surface area contributed by atoms with Crippen LogP contribution in [0.25, 0.3) is 17.8 Å². The maximum atomic E-state index is 13.7. The summed E-state index contributed by atoms with van der Waals surface area (Å²) < 4.78 is 13.7. The summed E-state index contributed by atoms with van der Waals surface area (Å²) >= 11 is 0. The molecule has 39 heavy (non-hydrogen) atoms. The van der Waals surface area contributed by atoms with E-state index in [-0.39, 0.29) is 18.5 Å². The Bertz CT molecular complexity index is 1350. The van der Waals surface area contributed by atoms with E-state index in [4.69, 9.17) is 9.94 Å². The van der Waals surface area contributed by atoms with Crippen molar-refractivity contribution in [2.75, 3.05) is 19.8 Å². The molecule has 1 aromatic heterocycles. The minimum Gasteiger partial charge on any atom is -0.276 e. The van der Waals surface area contributed by atoms with E-state index in [1.165, 1.54) is 17.7 Å². The number of aromatic nitrogens is 2. The van der Waals surface area contributed by atoms with E-state index in [9.17, 15) is 4.39 Å². The molecule has 0 radical (unpaired) electrons. The molecule has 3 heterocycles. The smallest absolute Gasteiger partial charge is 0.161 e. The molecule has 2 aliphatic rings. The molecule has 0 bridgehead atoms. The van der Waals surface area contributed by atoms with Crippen molar-refractivity contribution in [3.05, 3.63) is 114 Å². The van der Waals surface area contributed by atoms with E-state index >= 15 is 0 Å². The van der Waals surface area contributed by atoms with E-state index in [0.29, 0.717) is 0 Å². The van der Waals surface area contributed by atoms with Crippen LogP contribution in [0.15, 0.2) is 90.5 Å². The Kier molecular flexibility index (Phi) is 8.71. The molecular weight excluding hydrogens is 489 g/mol. The summed E-state index contributed by atoms with van der Waals surface area (Å²) in [6.45, 7) is 7.93. The summed E-state index contributed by atoms with van der Waals surface area (Å²) in [5.41, 5.74) is 7.27. The molecule has 7 heteroatoms. The number of hydrogen-bond acceptors (Lipinski definition) is 6. The lowest BCUT2D eigenvalue weighted by atomic mass is 9.91. The number of hydrazone groups is 1. The highest BCUT2D eigenvalue weighted by Gasteiger charge is 2.26. The van der Waals surface area contributed by atoms with Gasteiger partial charge in [0.25, 0.3) is 0 Å². The summed E-state index contributed by atoms with van der Waals surface area (Å²) in [5.74, 6) is -0.148. The molecule has 1 atom stereocenters. The zero-order valence-electron chi connectivity index (χ0n) is 22.3. The van der Waals surface area contributed by atoms with Gasteiger partial charge in [-0.15, -0.1) is 0 Å². The molecular formula is C32H34FN5O. The zero-order chi connectivity index (χ0) is 27.0. The van der Waals surface area contributed by atoms with Gasteiger partial charge in [-0.3, -0.25) is 4.84 Å². The Morgan fingerprint density at radius 1 is 1.03 bits per heavy atom. The summed E-state index contributed by atoms with van der Waals surface area (Å²) in [4.78, 5) is 14.7. The second-order valence-electron chi connectivity index (χ2n) is 9.76. The van der Waals surface area contributed by atoms with Crippen molar-refractivity contribution in [3.8, 4) is 0 Å². The van der Waals surface area contributed by atoms with Gasteiger partial charge in [0.2, 0.25) is 0 Å². The molecule has 1 fully saturated rings. The van der Waals surface area contributed by atoms with E-state index in [2.05, 4.69) is 59.9 Å². The molecule has 2 aliphatic heterocycles. The number of hydrogen-bond donors (Lipinski definition) is 0. The summed E-state index contributed by atoms with van der Waals surface area (Å²) in [5, 5.41) is 9.04. The topological polar surface area (TPSA) is 53.9 Å². The standard InChI is InChI=1S/C32H34FN5O/c1-3-24-7-9-27(10-8-24)31-21-26(4-2)32(28-11-13-29(33)14-12-28)36-38(31)23-39-37-18-5-6-25(16-19-37)20-30-15-17-34-22-35-30/h3,7-15,17,20-22,26H,1,4-6,16,18-19,23H2,2H3. The first-order valence-electron chi connectivity index (χ1n) is 13.5. The highest BCUT2D eigenvalue weighted by atomic mass is 19.1. The van der Waals surface area contributed by atoms with Gasteiger partial charge in [-0.05, 0) is 72.7 Å². The van der Waals surface area contributed by atoms with Crippen LogP contribution in [0.3, 0.4) is 0 Å². The number of rotatable bonds is 8. The average Bonchev–Trinajstić information content (AvgIpc) is 3.21. The molecule has 0 amide bonds. The fourth-order valence-electron chi connectivity index (χ4n) is 4.94. The molecule has 0 spiro atoms. The predicted octanol–water partition coefficient (Wildman–Crippen LogP) is 6.80. The first kappa shape index (κ1) is 26.7. The van der Waals surface area contributed by atoms with E-state index in [1.807, 2.05) is 22.2 Å². The number of allylic oxidation sites excluding steroid dienone is 1. The third kappa shape index (κ3) is 6.74. The van der Waals surface area contributed by atoms with E-state index in [1.54, 1.807) is 24.7 Å². The van der Waals surface area contributed by atoms with Crippen molar-refractivity contribution < 1.29 is 9.23 Å². The maximum Gasteiger partial charge on any atom is 0.161 e. The first-order chi connectivity index (χ1) is 19.1. The van der Waals surface area contributed by atoms with Crippen LogP contribution < -0.4 is 0 Å². The lowest BCUT2D eigenvalue weighted by Gasteiger charge is -2.32. The van der Waals surface area contributed by atoms with Crippen LogP contribution in [0.1, 0.15) is 55.0 Å². The molecule has 0 saturated carbocycles. The fraction of sp³-hybridized carbons (Fsp3) is 0.281. The lowest BCUT2D eigenvalue weighted by molar-refractivity contribution is -0.181. The molecule has 1 saturated heterocycles. The second-order valence-corrected chi connectivity index (χ2v) is 9.76. The molecule has 2 aromatic carbocycles. The van der Waals surface area contributed by atoms with Gasteiger partial charge in [0, 0.05) is 25.2 Å². The molecule has 200 valence electrons. The monoisotopic (exact) mass is 523 g/mol. The lowest BCUT2D eigenvalue weighted by Crippen LogP contribution is -2.34. The van der Waals surface area contributed by atoms with Crippen LogP contribution in [-0.2, 0) is 4.84 Å². The first-order valence-corrected chi connectivity index (χ1v) is 13.5. The number of benzene rings is 2. The highest BCUT2D eigenvalue weighted by molar-refractivity contribution is 6.04. The van der Waals surface area contributed by atoms with Crippen LogP contribution in [-0.4, -0.2) is 45.6 Å². The second kappa shape index (κ2) is 12.7. The van der Waals surface area contributed by atoms with E-state index < -0.39 is 0 Å². The Morgan fingerprint density at radius 3 is 2.54 bits per heavy atom. The number of hydroxylamine groups is 2. The van der Waals surface area contributed by atoms with Gasteiger partial charge in [-0.2, -0.15) is 10.2 Å². The van der Waals surface area contributed by atoms with Gasteiger partial charge in [0.1, 0.15) is 12.1 Å². The average molecular weight is 524 g/mol. The quantitative estimate of drug-likeness (QED) is 0.325. The number of nitrogens with zero attached hydrogens (tertiary/aromatic N) is 5. The van der Waals surface area contributed by atoms with Gasteiger partial charge < -0.3 is 0 Å². The predicted molar refractivity (Wildman–Crippen MR) is 154 cm³/mol. The van der Waals surface area contributed by atoms with Crippen LogP contribution >= 0.6 is 0 Å². The fourth-order valence-corrected chi connectivity index (χ4v) is 4.94. The summed E-state index contributed by atoms with van der Waals surface area (Å²) in [6.07, 6.45) is 13.4. The summed E-state index contributed by atoms with van der Waals surface area (Å²) in [6, 6.07) is 16.8. The Hall–Kier alpha value is -3.94. The van der Waals surface area contributed by atoms with Crippen LogP contribution in [0, 0.1) is 11.7 Å². The van der Waals surface area contributed by atoms with Crippen molar-refractivity contribution in [2.45, 2.75) is 32.6 Å². The van der Waals surface area contributed by atoms with Gasteiger partial charge in [-0.1, -0.05) is 61.5 Å². The van der Waals surface area contributed by atoms with Gasteiger partial charge in [0.05, 0.1) is 17.1 Å². The SMILES string of the molecule is C=Cc1ccc(C2=CC(CC)C(c3ccc(F)cc3)=NN2CON2CCCC(=Cc3ccncn3)CC2)cc1. The van der Waals surface area contributed by atoms with Crippen molar-refractivity contribution in [1.29, 1.82) is 0 Å². The minimum absolute atomic E-state index is 0.105. The molecule has 5 rings (SSSR count). The molecule has 1 unspecified atom stereocenters. The van der Waals surface area contributed by atoms with Gasteiger partial charge >= 0.3 is 0 Å². The molecule has 3 aromatic rings. The molecule has 0 aliphatic carbocycles. The largest absolute Gasteiger partial charge is 0.276 e. The van der Waals surface area contributed by atoms with Crippen LogP contribution in [0.2, 0.25) is 0 Å². The molecule has 0 N–H and O–H groups in total. The Labute approximate surface area is 229 Å². The Morgan fingerprint density at radius 2 is 1.82 bits per heavy atom. The van der Waals surface area contributed by atoms with Crippen LogP contribution in [0.4, 0.5) is 4.39 Å². The number of halogens is 1. The van der Waals surface area contributed by atoms with Gasteiger partial charge in [-0.25, -0.2) is 19.4 Å². The maximum absolute atomic E-state index is 13.7. The third-order valence-corrected chi connectivity index (χ3v) is 7.15. The normalized spacial score (nSPS) is 19.4. The zero-order valence-corrected chi connectivity index (χ0v) is 22.3. The van der Waals surface area contributed by atoms with E-state index in [0.717, 1.165) is 72.6 Å². The van der Waals surface area contributed by atoms with Crippen molar-refractivity contribution in [1.82, 2.24) is 20.0 Å². The van der Waals surface area contributed by atoms with Gasteiger partial charge in [0.15, 0.2) is 6.73 Å². The van der Waals surface area contributed by atoms with Crippen molar-refractivity contribution in [2.24, 2.45) is 11.0 Å². The highest BCUT2D eigenvalue weighted by Crippen LogP contribution is 2.31. The molecule has 6 nitrogen and oxygen atoms in total. The minimum atomic E-state index is -0.253.